The number of hydrogen-bond acceptors (Lipinski definition) is 5. The molecule has 0 saturated carbocycles. The van der Waals surface area contributed by atoms with Gasteiger partial charge in [0.1, 0.15) is 6.10 Å². The summed E-state index contributed by atoms with van der Waals surface area (Å²) in [5.74, 6) is 2.14. The van der Waals surface area contributed by atoms with Gasteiger partial charge in [-0.2, -0.15) is 0 Å². The standard InChI is InChI=1S/C22H37N5O3/c1-17(30-20-9-5-4-8-19(20)29-3)16-26-22(24-2)25-12-6-7-13-27-14-10-18(11-15-27)21(23)28/h4-5,8-9,17-18H,6-7,10-16H2,1-3H3,(H2,23,28)(H2,24,25,26). The van der Waals surface area contributed by atoms with Crippen LogP contribution >= 0.6 is 0 Å². The molecule has 1 saturated heterocycles. The van der Waals surface area contributed by atoms with Crippen LogP contribution in [-0.2, 0) is 4.79 Å². The number of nitrogens with zero attached hydrogens (tertiary/aromatic N) is 2. The Morgan fingerprint density at radius 3 is 2.57 bits per heavy atom. The molecule has 0 aromatic heterocycles. The Hall–Kier alpha value is -2.48. The largest absolute Gasteiger partial charge is 0.493 e. The molecule has 1 aliphatic heterocycles. The summed E-state index contributed by atoms with van der Waals surface area (Å²) in [7, 11) is 3.41. The Bertz CT molecular complexity index is 674. The van der Waals surface area contributed by atoms with Gasteiger partial charge >= 0.3 is 0 Å². The fraction of sp³-hybridized carbons (Fsp3) is 0.636. The van der Waals surface area contributed by atoms with Gasteiger partial charge in [0, 0.05) is 19.5 Å². The Morgan fingerprint density at radius 2 is 1.93 bits per heavy atom. The first-order chi connectivity index (χ1) is 14.5. The second-order valence-electron chi connectivity index (χ2n) is 7.68. The number of hydrogen-bond donors (Lipinski definition) is 3. The molecule has 4 N–H and O–H groups in total. The van der Waals surface area contributed by atoms with Gasteiger partial charge in [-0.3, -0.25) is 9.79 Å². The van der Waals surface area contributed by atoms with Crippen LogP contribution in [0.15, 0.2) is 29.3 Å². The monoisotopic (exact) mass is 419 g/mol. The minimum atomic E-state index is -0.152. The summed E-state index contributed by atoms with van der Waals surface area (Å²) >= 11 is 0. The van der Waals surface area contributed by atoms with Gasteiger partial charge in [-0.05, 0) is 64.4 Å². The molecule has 0 aliphatic carbocycles. The number of carbonyl (C=O) groups is 1. The van der Waals surface area contributed by atoms with Crippen molar-refractivity contribution in [2.45, 2.75) is 38.7 Å². The van der Waals surface area contributed by atoms with Crippen molar-refractivity contribution < 1.29 is 14.3 Å². The van der Waals surface area contributed by atoms with Crippen LogP contribution in [-0.4, -0.2) is 69.8 Å². The highest BCUT2D eigenvalue weighted by atomic mass is 16.5. The fourth-order valence-electron chi connectivity index (χ4n) is 3.54. The van der Waals surface area contributed by atoms with Crippen LogP contribution in [0.4, 0.5) is 0 Å². The highest BCUT2D eigenvalue weighted by Crippen LogP contribution is 2.26. The molecule has 30 heavy (non-hydrogen) atoms. The number of amides is 1. The lowest BCUT2D eigenvalue weighted by molar-refractivity contribution is -0.123. The molecule has 8 nitrogen and oxygen atoms in total. The molecule has 1 aliphatic rings. The highest BCUT2D eigenvalue weighted by molar-refractivity contribution is 5.79. The zero-order valence-electron chi connectivity index (χ0n) is 18.5. The van der Waals surface area contributed by atoms with Crippen LogP contribution < -0.4 is 25.8 Å². The molecule has 1 aromatic rings. The molecule has 1 heterocycles. The number of primary amides is 1. The van der Waals surface area contributed by atoms with Gasteiger partial charge in [0.2, 0.25) is 5.91 Å². The first-order valence-electron chi connectivity index (χ1n) is 10.8. The van der Waals surface area contributed by atoms with Crippen molar-refractivity contribution in [1.29, 1.82) is 0 Å². The number of nitrogens with two attached hydrogens (primary N) is 1. The topological polar surface area (TPSA) is 101 Å². The van der Waals surface area contributed by atoms with Crippen LogP contribution in [0.2, 0.25) is 0 Å². The van der Waals surface area contributed by atoms with E-state index in [0.717, 1.165) is 69.3 Å². The predicted octanol–water partition coefficient (Wildman–Crippen LogP) is 1.61. The van der Waals surface area contributed by atoms with Gasteiger partial charge in [0.15, 0.2) is 17.5 Å². The smallest absolute Gasteiger partial charge is 0.220 e. The number of aliphatic imine (C=N–C) groups is 1. The summed E-state index contributed by atoms with van der Waals surface area (Å²) in [4.78, 5) is 17.9. The van der Waals surface area contributed by atoms with E-state index in [1.165, 1.54) is 0 Å². The normalized spacial score (nSPS) is 16.7. The highest BCUT2D eigenvalue weighted by Gasteiger charge is 2.22. The van der Waals surface area contributed by atoms with Crippen LogP contribution in [0.25, 0.3) is 0 Å². The zero-order valence-corrected chi connectivity index (χ0v) is 18.5. The molecule has 1 fully saturated rings. The van der Waals surface area contributed by atoms with E-state index in [9.17, 15) is 4.79 Å². The van der Waals surface area contributed by atoms with Crippen molar-refractivity contribution in [2.24, 2.45) is 16.6 Å². The van der Waals surface area contributed by atoms with Crippen molar-refractivity contribution in [3.05, 3.63) is 24.3 Å². The Kier molecular flexibility index (Phi) is 10.3. The summed E-state index contributed by atoms with van der Waals surface area (Å²) in [5.41, 5.74) is 5.39. The number of benzene rings is 1. The molecule has 168 valence electrons. The third-order valence-electron chi connectivity index (χ3n) is 5.36. The van der Waals surface area contributed by atoms with Crippen molar-refractivity contribution in [1.82, 2.24) is 15.5 Å². The zero-order chi connectivity index (χ0) is 21.8. The summed E-state index contributed by atoms with van der Waals surface area (Å²) in [6.07, 6.45) is 3.91. The predicted molar refractivity (Wildman–Crippen MR) is 120 cm³/mol. The molecule has 1 unspecified atom stereocenters. The molecule has 8 heteroatoms. The van der Waals surface area contributed by atoms with Gasteiger partial charge in [-0.25, -0.2) is 0 Å². The fourth-order valence-corrected chi connectivity index (χ4v) is 3.54. The average molecular weight is 420 g/mol. The third kappa shape index (κ3) is 8.10. The maximum absolute atomic E-state index is 11.2. The maximum atomic E-state index is 11.2. The summed E-state index contributed by atoms with van der Waals surface area (Å²) < 4.78 is 11.3. The Balaban J connectivity index is 1.58. The number of likely N-dealkylation sites (tertiary alicyclic amines) is 1. The molecule has 1 amide bonds. The van der Waals surface area contributed by atoms with Crippen LogP contribution in [0, 0.1) is 5.92 Å². The SMILES string of the molecule is CN=C(NCCCCN1CCC(C(N)=O)CC1)NCC(C)Oc1ccccc1OC. The molecule has 1 aromatic carbocycles. The molecule has 2 rings (SSSR count). The van der Waals surface area contributed by atoms with E-state index in [4.69, 9.17) is 15.2 Å². The first kappa shape index (κ1) is 23.8. The van der Waals surface area contributed by atoms with Crippen LogP contribution in [0.5, 0.6) is 11.5 Å². The van der Waals surface area contributed by atoms with E-state index < -0.39 is 0 Å². The van der Waals surface area contributed by atoms with Crippen molar-refractivity contribution in [2.75, 3.05) is 46.9 Å². The van der Waals surface area contributed by atoms with E-state index in [2.05, 4.69) is 20.5 Å². The number of carbonyl (C=O) groups excluding carboxylic acids is 1. The van der Waals surface area contributed by atoms with E-state index in [0.29, 0.717) is 6.54 Å². The van der Waals surface area contributed by atoms with Crippen molar-refractivity contribution in [3.63, 3.8) is 0 Å². The Morgan fingerprint density at radius 1 is 1.23 bits per heavy atom. The lowest BCUT2D eigenvalue weighted by atomic mass is 9.96. The van der Waals surface area contributed by atoms with E-state index in [-0.39, 0.29) is 17.9 Å². The summed E-state index contributed by atoms with van der Waals surface area (Å²) in [6, 6.07) is 7.64. The van der Waals surface area contributed by atoms with Crippen molar-refractivity contribution in [3.8, 4) is 11.5 Å². The second kappa shape index (κ2) is 13.0. The number of para-hydroxylation sites is 2. The first-order valence-corrected chi connectivity index (χ1v) is 10.8. The number of ether oxygens (including phenoxy) is 2. The third-order valence-corrected chi connectivity index (χ3v) is 5.36. The molecule has 0 spiro atoms. The number of methoxy groups -OCH3 is 1. The molecule has 1 atom stereocenters. The van der Waals surface area contributed by atoms with E-state index in [1.54, 1.807) is 14.2 Å². The number of rotatable bonds is 11. The number of guanidine groups is 1. The quantitative estimate of drug-likeness (QED) is 0.286. The molecule has 0 radical (unpaired) electrons. The van der Waals surface area contributed by atoms with Gasteiger partial charge in [-0.15, -0.1) is 0 Å². The van der Waals surface area contributed by atoms with Gasteiger partial charge in [-0.1, -0.05) is 12.1 Å². The lowest BCUT2D eigenvalue weighted by Gasteiger charge is -2.30. The van der Waals surface area contributed by atoms with Gasteiger partial charge in [0.05, 0.1) is 13.7 Å². The number of nitrogens with one attached hydrogen (secondary N) is 2. The number of unbranched alkanes of at least 4 members (excludes halogenated alkanes) is 1. The molecular weight excluding hydrogens is 382 g/mol. The average Bonchev–Trinajstić information content (AvgIpc) is 2.76. The summed E-state index contributed by atoms with van der Waals surface area (Å²) in [5, 5.41) is 6.65. The molecular formula is C22H37N5O3. The van der Waals surface area contributed by atoms with Crippen molar-refractivity contribution >= 4 is 11.9 Å². The maximum Gasteiger partial charge on any atom is 0.220 e. The van der Waals surface area contributed by atoms with Gasteiger partial charge < -0.3 is 30.7 Å². The van der Waals surface area contributed by atoms with E-state index in [1.807, 2.05) is 31.2 Å². The Labute approximate surface area is 180 Å². The van der Waals surface area contributed by atoms with Crippen LogP contribution in [0.3, 0.4) is 0 Å². The lowest BCUT2D eigenvalue weighted by Crippen LogP contribution is -2.42. The van der Waals surface area contributed by atoms with Gasteiger partial charge in [0.25, 0.3) is 0 Å². The minimum Gasteiger partial charge on any atom is -0.493 e. The molecule has 0 bridgehead atoms. The van der Waals surface area contributed by atoms with Crippen LogP contribution in [0.1, 0.15) is 32.6 Å². The minimum absolute atomic E-state index is 0.0387. The number of piperidine rings is 1. The second-order valence-corrected chi connectivity index (χ2v) is 7.68. The van der Waals surface area contributed by atoms with E-state index >= 15 is 0 Å². The summed E-state index contributed by atoms with van der Waals surface area (Å²) in [6.45, 7) is 6.49.